The lowest BCUT2D eigenvalue weighted by atomic mass is 9.97. The first-order valence-corrected chi connectivity index (χ1v) is 4.06. The standard InChI is InChI=1S/C9H8F3N.ClH/c10-5-3-6(11)9(7(12)4-5)8-1-2-13-8;/h3-4,8,13H,1-2H2;1H/t8-;/m1./s1. The van der Waals surface area contributed by atoms with E-state index in [1.807, 2.05) is 0 Å². The highest BCUT2D eigenvalue weighted by molar-refractivity contribution is 5.85. The van der Waals surface area contributed by atoms with E-state index in [0.717, 1.165) is 6.54 Å². The normalized spacial score (nSPS) is 19.8. The zero-order valence-electron chi connectivity index (χ0n) is 7.19. The van der Waals surface area contributed by atoms with Gasteiger partial charge in [-0.15, -0.1) is 12.4 Å². The molecule has 0 radical (unpaired) electrons. The Bertz CT molecular complexity index is 316. The van der Waals surface area contributed by atoms with Gasteiger partial charge in [0.25, 0.3) is 0 Å². The van der Waals surface area contributed by atoms with Crippen molar-refractivity contribution in [2.75, 3.05) is 6.54 Å². The van der Waals surface area contributed by atoms with Gasteiger partial charge in [0.15, 0.2) is 0 Å². The average Bonchev–Trinajstić information content (AvgIpc) is 1.92. The van der Waals surface area contributed by atoms with Crippen molar-refractivity contribution in [2.24, 2.45) is 0 Å². The van der Waals surface area contributed by atoms with Gasteiger partial charge in [-0.1, -0.05) is 0 Å². The molecule has 0 unspecified atom stereocenters. The van der Waals surface area contributed by atoms with Crippen LogP contribution in [0.2, 0.25) is 0 Å². The predicted molar refractivity (Wildman–Crippen MR) is 48.9 cm³/mol. The fraction of sp³-hybridized carbons (Fsp3) is 0.333. The average molecular weight is 224 g/mol. The fourth-order valence-corrected chi connectivity index (χ4v) is 1.42. The predicted octanol–water partition coefficient (Wildman–Crippen LogP) is 2.56. The SMILES string of the molecule is Cl.Fc1cc(F)c([C@H]2CCN2)c(F)c1. The van der Waals surface area contributed by atoms with Crippen molar-refractivity contribution >= 4 is 12.4 Å². The lowest BCUT2D eigenvalue weighted by molar-refractivity contribution is 0.354. The molecule has 5 heteroatoms. The van der Waals surface area contributed by atoms with E-state index in [4.69, 9.17) is 0 Å². The van der Waals surface area contributed by atoms with Crippen LogP contribution < -0.4 is 5.32 Å². The van der Waals surface area contributed by atoms with Crippen LogP contribution in [0.4, 0.5) is 13.2 Å². The largest absolute Gasteiger partial charge is 0.310 e. The summed E-state index contributed by atoms with van der Waals surface area (Å²) >= 11 is 0. The lowest BCUT2D eigenvalue weighted by Gasteiger charge is -2.28. The van der Waals surface area contributed by atoms with Crippen LogP contribution in [0.15, 0.2) is 12.1 Å². The molecule has 0 aliphatic carbocycles. The van der Waals surface area contributed by atoms with Crippen LogP contribution in [0, 0.1) is 17.5 Å². The van der Waals surface area contributed by atoms with Crippen LogP contribution in [0.5, 0.6) is 0 Å². The maximum absolute atomic E-state index is 13.1. The molecule has 0 spiro atoms. The Morgan fingerprint density at radius 3 is 2.00 bits per heavy atom. The second-order valence-electron chi connectivity index (χ2n) is 3.08. The molecule has 1 N–H and O–H groups in total. The second-order valence-corrected chi connectivity index (χ2v) is 3.08. The smallest absolute Gasteiger partial charge is 0.133 e. The van der Waals surface area contributed by atoms with Gasteiger partial charge in [0.05, 0.1) is 0 Å². The van der Waals surface area contributed by atoms with Crippen LogP contribution in [-0.2, 0) is 0 Å². The molecule has 0 aromatic heterocycles. The molecule has 1 aliphatic heterocycles. The third-order valence-corrected chi connectivity index (χ3v) is 2.22. The molecular formula is C9H9ClF3N. The Labute approximate surface area is 85.7 Å². The Morgan fingerprint density at radius 2 is 1.64 bits per heavy atom. The van der Waals surface area contributed by atoms with Crippen LogP contribution in [0.3, 0.4) is 0 Å². The first-order valence-electron chi connectivity index (χ1n) is 4.06. The molecular weight excluding hydrogens is 215 g/mol. The third kappa shape index (κ3) is 1.86. The maximum Gasteiger partial charge on any atom is 0.133 e. The summed E-state index contributed by atoms with van der Waals surface area (Å²) in [6.07, 6.45) is 0.694. The number of halogens is 4. The van der Waals surface area contributed by atoms with Crippen molar-refractivity contribution in [1.82, 2.24) is 5.32 Å². The van der Waals surface area contributed by atoms with Crippen molar-refractivity contribution in [3.05, 3.63) is 35.1 Å². The molecule has 78 valence electrons. The van der Waals surface area contributed by atoms with Crippen molar-refractivity contribution in [1.29, 1.82) is 0 Å². The minimum absolute atomic E-state index is 0. The van der Waals surface area contributed by atoms with E-state index in [0.29, 0.717) is 18.6 Å². The summed E-state index contributed by atoms with van der Waals surface area (Å²) in [7, 11) is 0. The van der Waals surface area contributed by atoms with E-state index in [1.165, 1.54) is 0 Å². The van der Waals surface area contributed by atoms with Crippen molar-refractivity contribution < 1.29 is 13.2 Å². The van der Waals surface area contributed by atoms with Gasteiger partial charge in [0.1, 0.15) is 17.5 Å². The summed E-state index contributed by atoms with van der Waals surface area (Å²) in [6.45, 7) is 0.751. The van der Waals surface area contributed by atoms with Crippen LogP contribution in [0.25, 0.3) is 0 Å². The summed E-state index contributed by atoms with van der Waals surface area (Å²) in [5.41, 5.74) is -0.0485. The lowest BCUT2D eigenvalue weighted by Crippen LogP contribution is -2.36. The zero-order chi connectivity index (χ0) is 9.42. The van der Waals surface area contributed by atoms with Gasteiger partial charge < -0.3 is 5.32 Å². The summed E-state index contributed by atoms with van der Waals surface area (Å²) in [5, 5.41) is 2.86. The Kier molecular flexibility index (Phi) is 3.39. The first-order chi connectivity index (χ1) is 6.18. The molecule has 1 aromatic carbocycles. The van der Waals surface area contributed by atoms with E-state index < -0.39 is 17.5 Å². The summed E-state index contributed by atoms with van der Waals surface area (Å²) in [5.74, 6) is -2.50. The van der Waals surface area contributed by atoms with E-state index in [9.17, 15) is 13.2 Å². The molecule has 1 aromatic rings. The van der Waals surface area contributed by atoms with Gasteiger partial charge in [-0.2, -0.15) is 0 Å². The summed E-state index contributed by atoms with van der Waals surface area (Å²) < 4.78 is 38.6. The monoisotopic (exact) mass is 223 g/mol. The molecule has 1 fully saturated rings. The van der Waals surface area contributed by atoms with E-state index >= 15 is 0 Å². The Morgan fingerprint density at radius 1 is 1.14 bits per heavy atom. The maximum atomic E-state index is 13.1. The third-order valence-electron chi connectivity index (χ3n) is 2.22. The van der Waals surface area contributed by atoms with Crippen molar-refractivity contribution in [2.45, 2.75) is 12.5 Å². The zero-order valence-corrected chi connectivity index (χ0v) is 8.00. The molecule has 1 aliphatic rings. The Hall–Kier alpha value is -0.740. The van der Waals surface area contributed by atoms with E-state index in [2.05, 4.69) is 5.32 Å². The van der Waals surface area contributed by atoms with Gasteiger partial charge in [-0.25, -0.2) is 13.2 Å². The molecule has 0 bridgehead atoms. The fourth-order valence-electron chi connectivity index (χ4n) is 1.42. The highest BCUT2D eigenvalue weighted by Crippen LogP contribution is 2.28. The first kappa shape index (κ1) is 11.3. The highest BCUT2D eigenvalue weighted by Gasteiger charge is 2.25. The van der Waals surface area contributed by atoms with Gasteiger partial charge in [-0.05, 0) is 13.0 Å². The second kappa shape index (κ2) is 4.19. The molecule has 14 heavy (non-hydrogen) atoms. The molecule has 1 nitrogen and oxygen atoms in total. The molecule has 2 rings (SSSR count). The number of hydrogen-bond donors (Lipinski definition) is 1. The number of benzene rings is 1. The molecule has 1 atom stereocenters. The molecule has 1 saturated heterocycles. The minimum Gasteiger partial charge on any atom is -0.310 e. The number of hydrogen-bond acceptors (Lipinski definition) is 1. The minimum atomic E-state index is -0.877. The van der Waals surface area contributed by atoms with Crippen LogP contribution in [0.1, 0.15) is 18.0 Å². The number of nitrogens with one attached hydrogen (secondary N) is 1. The molecule has 0 amide bonds. The van der Waals surface area contributed by atoms with Crippen molar-refractivity contribution in [3.63, 3.8) is 0 Å². The molecule has 0 saturated carbocycles. The van der Waals surface area contributed by atoms with Gasteiger partial charge in [-0.3, -0.25) is 0 Å². The van der Waals surface area contributed by atoms with E-state index in [1.54, 1.807) is 0 Å². The molecule has 1 heterocycles. The van der Waals surface area contributed by atoms with E-state index in [-0.39, 0.29) is 24.0 Å². The quantitative estimate of drug-likeness (QED) is 0.772. The van der Waals surface area contributed by atoms with Gasteiger partial charge in [0, 0.05) is 23.7 Å². The van der Waals surface area contributed by atoms with Crippen molar-refractivity contribution in [3.8, 4) is 0 Å². The topological polar surface area (TPSA) is 12.0 Å². The number of rotatable bonds is 1. The van der Waals surface area contributed by atoms with Gasteiger partial charge >= 0.3 is 0 Å². The highest BCUT2D eigenvalue weighted by atomic mass is 35.5. The van der Waals surface area contributed by atoms with Crippen LogP contribution in [-0.4, -0.2) is 6.54 Å². The van der Waals surface area contributed by atoms with Gasteiger partial charge in [0.2, 0.25) is 0 Å². The Balaban J connectivity index is 0.000000980. The van der Waals surface area contributed by atoms with Crippen LogP contribution >= 0.6 is 12.4 Å². The summed E-state index contributed by atoms with van der Waals surface area (Å²) in [4.78, 5) is 0. The summed E-state index contributed by atoms with van der Waals surface area (Å²) in [6, 6.07) is 1.12.